The molecule has 0 unspecified atom stereocenters. The Kier molecular flexibility index (Phi) is 7.26. The number of aryl methyl sites for hydroxylation is 2. The number of nitrogens with one attached hydrogen (secondary N) is 1. The number of hydrogen-bond donors (Lipinski definition) is 1. The van der Waals surface area contributed by atoms with Crippen LogP contribution in [0.5, 0.6) is 0 Å². The van der Waals surface area contributed by atoms with Crippen molar-refractivity contribution in [2.24, 2.45) is 0 Å². The summed E-state index contributed by atoms with van der Waals surface area (Å²) < 4.78 is 6.02. The molecule has 21 heavy (non-hydrogen) atoms. The van der Waals surface area contributed by atoms with Crippen LogP contribution in [0.3, 0.4) is 0 Å². The Morgan fingerprint density at radius 3 is 2.00 bits per heavy atom. The Bertz CT molecular complexity index is 419. The summed E-state index contributed by atoms with van der Waals surface area (Å²) >= 11 is 0. The summed E-state index contributed by atoms with van der Waals surface area (Å²) in [6, 6.07) is 0. The molecule has 0 aromatic carbocycles. The Morgan fingerprint density at radius 1 is 1.00 bits per heavy atom. The Labute approximate surface area is 129 Å². The third-order valence-electron chi connectivity index (χ3n) is 4.12. The molecular weight excluding hydrogens is 262 g/mol. The van der Waals surface area contributed by atoms with Crippen LogP contribution >= 0.6 is 0 Å². The van der Waals surface area contributed by atoms with E-state index in [9.17, 15) is 0 Å². The molecule has 0 fully saturated rings. The lowest BCUT2D eigenvalue weighted by Crippen LogP contribution is -2.32. The number of aromatic nitrogens is 2. The Balaban J connectivity index is 3.10. The van der Waals surface area contributed by atoms with Crippen molar-refractivity contribution in [3.63, 3.8) is 0 Å². The fourth-order valence-electron chi connectivity index (χ4n) is 2.70. The molecule has 1 aromatic heterocycles. The highest BCUT2D eigenvalue weighted by Gasteiger charge is 2.33. The van der Waals surface area contributed by atoms with Crippen molar-refractivity contribution in [3.05, 3.63) is 22.8 Å². The molecule has 0 aliphatic heterocycles. The minimum atomic E-state index is -0.348. The first-order valence-corrected chi connectivity index (χ1v) is 8.23. The van der Waals surface area contributed by atoms with E-state index in [2.05, 4.69) is 39.9 Å². The smallest absolute Gasteiger partial charge is 0.160 e. The van der Waals surface area contributed by atoms with Gasteiger partial charge in [0.05, 0.1) is 0 Å². The highest BCUT2D eigenvalue weighted by molar-refractivity contribution is 5.25. The van der Waals surface area contributed by atoms with Gasteiger partial charge in [0.15, 0.2) is 5.82 Å². The van der Waals surface area contributed by atoms with Crippen LogP contribution in [0.1, 0.15) is 69.7 Å². The molecule has 4 nitrogen and oxygen atoms in total. The maximum atomic E-state index is 6.02. The van der Waals surface area contributed by atoms with Gasteiger partial charge in [0.1, 0.15) is 5.60 Å². The zero-order chi connectivity index (χ0) is 15.9. The second-order valence-electron chi connectivity index (χ2n) is 5.51. The third kappa shape index (κ3) is 4.24. The topological polar surface area (TPSA) is 47.0 Å². The van der Waals surface area contributed by atoms with E-state index in [1.165, 1.54) is 5.56 Å². The first kappa shape index (κ1) is 18.1. The predicted molar refractivity (Wildman–Crippen MR) is 87.4 cm³/mol. The number of ether oxygens (including phenoxy) is 1. The third-order valence-corrected chi connectivity index (χ3v) is 4.12. The SMILES string of the molecule is CCCNCc1c(C)nc(C(CC)(CC)OCC)nc1C. The van der Waals surface area contributed by atoms with Crippen molar-refractivity contribution in [1.82, 2.24) is 15.3 Å². The van der Waals surface area contributed by atoms with Gasteiger partial charge in [-0.3, -0.25) is 0 Å². The van der Waals surface area contributed by atoms with E-state index in [0.29, 0.717) is 6.61 Å². The van der Waals surface area contributed by atoms with E-state index < -0.39 is 0 Å². The number of rotatable bonds is 9. The lowest BCUT2D eigenvalue weighted by molar-refractivity contribution is -0.0574. The van der Waals surface area contributed by atoms with E-state index in [4.69, 9.17) is 14.7 Å². The van der Waals surface area contributed by atoms with E-state index in [0.717, 1.165) is 49.6 Å². The molecule has 120 valence electrons. The summed E-state index contributed by atoms with van der Waals surface area (Å²) in [7, 11) is 0. The molecule has 4 heteroatoms. The van der Waals surface area contributed by atoms with Gasteiger partial charge < -0.3 is 10.1 Å². The van der Waals surface area contributed by atoms with Crippen LogP contribution in [-0.4, -0.2) is 23.1 Å². The van der Waals surface area contributed by atoms with Crippen LogP contribution in [0.25, 0.3) is 0 Å². The first-order chi connectivity index (χ1) is 10.0. The quantitative estimate of drug-likeness (QED) is 0.706. The van der Waals surface area contributed by atoms with E-state index in [1.54, 1.807) is 0 Å². The van der Waals surface area contributed by atoms with Gasteiger partial charge in [-0.05, 0) is 46.6 Å². The fourth-order valence-corrected chi connectivity index (χ4v) is 2.70. The summed E-state index contributed by atoms with van der Waals surface area (Å²) in [5, 5.41) is 3.43. The second-order valence-corrected chi connectivity index (χ2v) is 5.51. The minimum Gasteiger partial charge on any atom is -0.367 e. The van der Waals surface area contributed by atoms with Crippen molar-refractivity contribution in [3.8, 4) is 0 Å². The van der Waals surface area contributed by atoms with Crippen molar-refractivity contribution in [2.75, 3.05) is 13.2 Å². The van der Waals surface area contributed by atoms with Gasteiger partial charge in [0, 0.05) is 30.1 Å². The van der Waals surface area contributed by atoms with Crippen molar-refractivity contribution in [1.29, 1.82) is 0 Å². The number of nitrogens with zero attached hydrogens (tertiary/aromatic N) is 2. The monoisotopic (exact) mass is 293 g/mol. The van der Waals surface area contributed by atoms with E-state index in [-0.39, 0.29) is 5.60 Å². The van der Waals surface area contributed by atoms with Crippen molar-refractivity contribution in [2.45, 2.75) is 73.0 Å². The van der Waals surface area contributed by atoms with Gasteiger partial charge in [-0.1, -0.05) is 20.8 Å². The minimum absolute atomic E-state index is 0.348. The fraction of sp³-hybridized carbons (Fsp3) is 0.765. The second kappa shape index (κ2) is 8.44. The van der Waals surface area contributed by atoms with Gasteiger partial charge in [0.25, 0.3) is 0 Å². The average molecular weight is 293 g/mol. The van der Waals surface area contributed by atoms with E-state index >= 15 is 0 Å². The first-order valence-electron chi connectivity index (χ1n) is 8.23. The summed E-state index contributed by atoms with van der Waals surface area (Å²) in [5.74, 6) is 0.837. The molecule has 1 rings (SSSR count). The summed E-state index contributed by atoms with van der Waals surface area (Å²) in [5.41, 5.74) is 2.99. The predicted octanol–water partition coefficient (Wildman–Crippen LogP) is 3.64. The molecule has 0 aliphatic rings. The summed E-state index contributed by atoms with van der Waals surface area (Å²) in [4.78, 5) is 9.54. The van der Waals surface area contributed by atoms with Gasteiger partial charge in [-0.2, -0.15) is 0 Å². The van der Waals surface area contributed by atoms with Crippen molar-refractivity contribution >= 4 is 0 Å². The largest absolute Gasteiger partial charge is 0.367 e. The Hall–Kier alpha value is -1.00. The number of hydrogen-bond acceptors (Lipinski definition) is 4. The molecule has 0 bridgehead atoms. The maximum Gasteiger partial charge on any atom is 0.160 e. The Morgan fingerprint density at radius 2 is 1.57 bits per heavy atom. The average Bonchev–Trinajstić information content (AvgIpc) is 2.47. The zero-order valence-electron chi connectivity index (χ0n) is 14.5. The summed E-state index contributed by atoms with van der Waals surface area (Å²) in [6.45, 7) is 15.2. The highest BCUT2D eigenvalue weighted by atomic mass is 16.5. The lowest BCUT2D eigenvalue weighted by atomic mass is 9.95. The molecule has 1 aromatic rings. The molecule has 1 heterocycles. The summed E-state index contributed by atoms with van der Waals surface area (Å²) in [6.07, 6.45) is 2.92. The van der Waals surface area contributed by atoms with Gasteiger partial charge in [-0.25, -0.2) is 9.97 Å². The maximum absolute atomic E-state index is 6.02. The standard InChI is InChI=1S/C17H31N3O/c1-7-11-18-12-15-13(5)19-16(20-14(15)6)17(8-2,9-3)21-10-4/h18H,7-12H2,1-6H3. The van der Waals surface area contributed by atoms with Crippen molar-refractivity contribution < 1.29 is 4.74 Å². The molecule has 0 aliphatic carbocycles. The van der Waals surface area contributed by atoms with Crippen LogP contribution in [0.15, 0.2) is 0 Å². The van der Waals surface area contributed by atoms with Crippen LogP contribution in [0.2, 0.25) is 0 Å². The molecule has 0 saturated heterocycles. The molecule has 0 atom stereocenters. The molecule has 1 N–H and O–H groups in total. The normalized spacial score (nSPS) is 11.9. The zero-order valence-corrected chi connectivity index (χ0v) is 14.5. The molecule has 0 amide bonds. The lowest BCUT2D eigenvalue weighted by Gasteiger charge is -2.30. The van der Waals surface area contributed by atoms with Crippen LogP contribution in [-0.2, 0) is 16.9 Å². The van der Waals surface area contributed by atoms with Gasteiger partial charge in [0.2, 0.25) is 0 Å². The molecular formula is C17H31N3O. The molecule has 0 spiro atoms. The van der Waals surface area contributed by atoms with Gasteiger partial charge in [-0.15, -0.1) is 0 Å². The van der Waals surface area contributed by atoms with E-state index in [1.807, 2.05) is 6.92 Å². The van der Waals surface area contributed by atoms with Crippen LogP contribution < -0.4 is 5.32 Å². The van der Waals surface area contributed by atoms with Gasteiger partial charge >= 0.3 is 0 Å². The molecule has 0 saturated carbocycles. The van der Waals surface area contributed by atoms with Crippen LogP contribution in [0.4, 0.5) is 0 Å². The molecule has 0 radical (unpaired) electrons. The highest BCUT2D eigenvalue weighted by Crippen LogP contribution is 2.31. The van der Waals surface area contributed by atoms with Crippen LogP contribution in [0, 0.1) is 13.8 Å².